The molecule has 0 aliphatic rings. The minimum atomic E-state index is -0.714. The summed E-state index contributed by atoms with van der Waals surface area (Å²) in [6.45, 7) is -0.0643. The summed E-state index contributed by atoms with van der Waals surface area (Å²) in [6, 6.07) is 6.63. The van der Waals surface area contributed by atoms with E-state index in [0.717, 1.165) is 12.1 Å². The molecule has 0 aliphatic carbocycles. The highest BCUT2D eigenvalue weighted by Crippen LogP contribution is 2.30. The number of hydrogen-bond acceptors (Lipinski definition) is 6. The van der Waals surface area contributed by atoms with Gasteiger partial charge in [-0.05, 0) is 12.1 Å². The molecule has 158 valence electrons. The van der Waals surface area contributed by atoms with Crippen molar-refractivity contribution in [2.24, 2.45) is 7.05 Å². The number of carbonyl (C=O) groups excluding carboxylic acids is 1. The fraction of sp³-hybridized carbons (Fsp3) is 0.100. The van der Waals surface area contributed by atoms with Crippen LogP contribution in [0.1, 0.15) is 15.2 Å². The van der Waals surface area contributed by atoms with Gasteiger partial charge in [-0.15, -0.1) is 11.3 Å². The van der Waals surface area contributed by atoms with E-state index in [1.54, 1.807) is 35.4 Å². The van der Waals surface area contributed by atoms with Gasteiger partial charge in [0.25, 0.3) is 5.91 Å². The lowest BCUT2D eigenvalue weighted by Crippen LogP contribution is -2.22. The third-order valence-corrected chi connectivity index (χ3v) is 5.56. The van der Waals surface area contributed by atoms with Gasteiger partial charge in [-0.3, -0.25) is 9.48 Å². The van der Waals surface area contributed by atoms with Gasteiger partial charge in [0.05, 0.1) is 28.0 Å². The van der Waals surface area contributed by atoms with Crippen molar-refractivity contribution in [2.75, 3.05) is 5.32 Å². The highest BCUT2D eigenvalue weighted by atomic mass is 35.5. The second-order valence-electron chi connectivity index (χ2n) is 6.47. The first kappa shape index (κ1) is 20.9. The zero-order valence-corrected chi connectivity index (χ0v) is 17.6. The quantitative estimate of drug-likeness (QED) is 0.441. The van der Waals surface area contributed by atoms with Crippen molar-refractivity contribution in [3.05, 3.63) is 75.2 Å². The molecule has 0 unspecified atom stereocenters. The molecule has 1 amide bonds. The Morgan fingerprint density at radius 2 is 2.10 bits per heavy atom. The van der Waals surface area contributed by atoms with Crippen molar-refractivity contribution >= 4 is 40.6 Å². The maximum atomic E-state index is 13.7. The Hall–Kier alpha value is -3.37. The minimum absolute atomic E-state index is 0.0643. The van der Waals surface area contributed by atoms with Gasteiger partial charge in [0.15, 0.2) is 0 Å². The molecule has 0 radical (unpaired) electrons. The van der Waals surface area contributed by atoms with Crippen LogP contribution in [0.25, 0.3) is 11.3 Å². The average Bonchev–Trinajstić information content (AvgIpc) is 3.38. The Bertz CT molecular complexity index is 1260. The lowest BCUT2D eigenvalue weighted by molar-refractivity contribution is 0.0954. The molecular formula is C20H15ClF2N6OS. The van der Waals surface area contributed by atoms with E-state index in [1.807, 2.05) is 0 Å². The number of nitrogens with one attached hydrogen (secondary N) is 2. The number of aryl methyl sites for hydroxylation is 1. The zero-order chi connectivity index (χ0) is 22.0. The Kier molecular flexibility index (Phi) is 5.92. The number of anilines is 2. The number of aromatic nitrogens is 4. The van der Waals surface area contributed by atoms with Crippen molar-refractivity contribution in [1.82, 2.24) is 25.1 Å². The van der Waals surface area contributed by atoms with Crippen LogP contribution < -0.4 is 10.6 Å². The number of rotatable bonds is 6. The number of thiophene rings is 1. The van der Waals surface area contributed by atoms with Crippen molar-refractivity contribution in [2.45, 2.75) is 6.54 Å². The van der Waals surface area contributed by atoms with Crippen molar-refractivity contribution in [1.29, 1.82) is 0 Å². The summed E-state index contributed by atoms with van der Waals surface area (Å²) in [6.07, 6.45) is 3.11. The molecule has 3 aromatic heterocycles. The monoisotopic (exact) mass is 460 g/mol. The summed E-state index contributed by atoms with van der Waals surface area (Å²) < 4.78 is 28.4. The molecule has 1 aromatic carbocycles. The summed E-state index contributed by atoms with van der Waals surface area (Å²) in [5.41, 5.74) is 1.29. The van der Waals surface area contributed by atoms with Gasteiger partial charge in [0.1, 0.15) is 17.5 Å². The standard InChI is InChI=1S/C20H15ClF2N6OS/c1-29-17(4-5-26-29)27-20-25-9-14(21)18(28-20)12-6-16(31-10-12)19(30)24-8-11-2-3-13(22)7-15(11)23/h2-7,9-10H,8H2,1H3,(H,24,30)(H,25,27,28). The third-order valence-electron chi connectivity index (χ3n) is 4.36. The summed E-state index contributed by atoms with van der Waals surface area (Å²) in [5, 5.41) is 11.8. The van der Waals surface area contributed by atoms with Gasteiger partial charge in [0.2, 0.25) is 5.95 Å². The summed E-state index contributed by atoms with van der Waals surface area (Å²) in [4.78, 5) is 21.5. The van der Waals surface area contributed by atoms with Crippen molar-refractivity contribution < 1.29 is 13.6 Å². The van der Waals surface area contributed by atoms with E-state index < -0.39 is 17.5 Å². The molecule has 2 N–H and O–H groups in total. The summed E-state index contributed by atoms with van der Waals surface area (Å²) >= 11 is 7.46. The molecule has 3 heterocycles. The van der Waals surface area contributed by atoms with E-state index in [1.165, 1.54) is 23.6 Å². The SMILES string of the molecule is Cn1nccc1Nc1ncc(Cl)c(-c2csc(C(=O)NCc3ccc(F)cc3F)c2)n1. The van der Waals surface area contributed by atoms with E-state index in [2.05, 4.69) is 25.7 Å². The molecule has 0 saturated heterocycles. The average molecular weight is 461 g/mol. The van der Waals surface area contributed by atoms with Crippen LogP contribution in [0.15, 0.2) is 48.1 Å². The van der Waals surface area contributed by atoms with Gasteiger partial charge in [-0.25, -0.2) is 18.7 Å². The molecular weight excluding hydrogens is 446 g/mol. The predicted molar refractivity (Wildman–Crippen MR) is 114 cm³/mol. The van der Waals surface area contributed by atoms with E-state index in [4.69, 9.17) is 11.6 Å². The lowest BCUT2D eigenvalue weighted by Gasteiger charge is -2.07. The molecule has 0 bridgehead atoms. The van der Waals surface area contributed by atoms with Crippen LogP contribution in [0, 0.1) is 11.6 Å². The van der Waals surface area contributed by atoms with E-state index in [-0.39, 0.29) is 12.1 Å². The maximum absolute atomic E-state index is 13.7. The van der Waals surface area contributed by atoms with Crippen LogP contribution in [-0.2, 0) is 13.6 Å². The van der Waals surface area contributed by atoms with Gasteiger partial charge in [0, 0.05) is 42.2 Å². The normalized spacial score (nSPS) is 10.8. The number of amides is 1. The molecule has 4 rings (SSSR count). The Morgan fingerprint density at radius 3 is 2.84 bits per heavy atom. The van der Waals surface area contributed by atoms with Crippen LogP contribution in [-0.4, -0.2) is 25.7 Å². The number of benzene rings is 1. The summed E-state index contributed by atoms with van der Waals surface area (Å²) in [7, 11) is 1.78. The second-order valence-corrected chi connectivity index (χ2v) is 7.79. The first-order chi connectivity index (χ1) is 14.9. The number of halogens is 3. The smallest absolute Gasteiger partial charge is 0.261 e. The molecule has 0 aliphatic heterocycles. The maximum Gasteiger partial charge on any atom is 0.261 e. The van der Waals surface area contributed by atoms with Crippen LogP contribution in [0.5, 0.6) is 0 Å². The van der Waals surface area contributed by atoms with Gasteiger partial charge < -0.3 is 10.6 Å². The number of carbonyl (C=O) groups is 1. The lowest BCUT2D eigenvalue weighted by atomic mass is 10.2. The molecule has 7 nitrogen and oxygen atoms in total. The molecule has 4 aromatic rings. The fourth-order valence-electron chi connectivity index (χ4n) is 2.75. The molecule has 0 spiro atoms. The van der Waals surface area contributed by atoms with E-state index in [0.29, 0.717) is 32.9 Å². The fourth-order valence-corrected chi connectivity index (χ4v) is 3.76. The highest BCUT2D eigenvalue weighted by Gasteiger charge is 2.15. The van der Waals surface area contributed by atoms with E-state index >= 15 is 0 Å². The Morgan fingerprint density at radius 1 is 1.26 bits per heavy atom. The molecule has 0 atom stereocenters. The topological polar surface area (TPSA) is 84.7 Å². The van der Waals surface area contributed by atoms with Crippen molar-refractivity contribution in [3.8, 4) is 11.3 Å². The van der Waals surface area contributed by atoms with Gasteiger partial charge >= 0.3 is 0 Å². The molecule has 0 saturated carbocycles. The van der Waals surface area contributed by atoms with Crippen LogP contribution in [0.4, 0.5) is 20.5 Å². The Labute approximate surface area is 184 Å². The Balaban J connectivity index is 1.49. The van der Waals surface area contributed by atoms with Crippen LogP contribution in [0.2, 0.25) is 5.02 Å². The van der Waals surface area contributed by atoms with Crippen molar-refractivity contribution in [3.63, 3.8) is 0 Å². The highest BCUT2D eigenvalue weighted by molar-refractivity contribution is 7.12. The van der Waals surface area contributed by atoms with Crippen LogP contribution in [0.3, 0.4) is 0 Å². The minimum Gasteiger partial charge on any atom is -0.347 e. The van der Waals surface area contributed by atoms with Gasteiger partial charge in [-0.1, -0.05) is 17.7 Å². The van der Waals surface area contributed by atoms with Gasteiger partial charge in [-0.2, -0.15) is 5.10 Å². The molecule has 31 heavy (non-hydrogen) atoms. The first-order valence-electron chi connectivity index (χ1n) is 8.99. The van der Waals surface area contributed by atoms with Crippen LogP contribution >= 0.6 is 22.9 Å². The first-order valence-corrected chi connectivity index (χ1v) is 10.2. The third kappa shape index (κ3) is 4.70. The largest absolute Gasteiger partial charge is 0.347 e. The second kappa shape index (κ2) is 8.78. The van der Waals surface area contributed by atoms with E-state index in [9.17, 15) is 13.6 Å². The molecule has 11 heteroatoms. The zero-order valence-electron chi connectivity index (χ0n) is 16.1. The predicted octanol–water partition coefficient (Wildman–Crippen LogP) is 4.54. The number of hydrogen-bond donors (Lipinski definition) is 2. The molecule has 0 fully saturated rings. The summed E-state index contributed by atoms with van der Waals surface area (Å²) in [5.74, 6) is -0.750. The number of nitrogens with zero attached hydrogens (tertiary/aromatic N) is 4.